The largest absolute Gasteiger partial charge is 0.462 e. The fourth-order valence-electron chi connectivity index (χ4n) is 7.46. The summed E-state index contributed by atoms with van der Waals surface area (Å²) in [6.45, 7) is 11.3. The van der Waals surface area contributed by atoms with Gasteiger partial charge in [0.2, 0.25) is 0 Å². The quantitative estimate of drug-likeness (QED) is 0.0347. The normalized spacial score (nSPS) is 12.1. The van der Waals surface area contributed by atoms with E-state index in [-0.39, 0.29) is 31.1 Å². The lowest BCUT2D eigenvalue weighted by atomic mass is 10.0. The molecule has 56 heavy (non-hydrogen) atoms. The van der Waals surface area contributed by atoms with Crippen molar-refractivity contribution >= 4 is 17.9 Å². The van der Waals surface area contributed by atoms with Crippen LogP contribution in [0.4, 0.5) is 0 Å². The van der Waals surface area contributed by atoms with Crippen LogP contribution in [0.2, 0.25) is 0 Å². The first kappa shape index (κ1) is 54.4. The number of carbonyl (C=O) groups is 3. The molecule has 0 saturated heterocycles. The van der Waals surface area contributed by atoms with E-state index >= 15 is 0 Å². The van der Waals surface area contributed by atoms with Crippen LogP contribution < -0.4 is 0 Å². The second kappa shape index (κ2) is 43.0. The number of esters is 3. The van der Waals surface area contributed by atoms with Crippen LogP contribution in [0, 0.1) is 11.8 Å². The minimum atomic E-state index is -0.760. The summed E-state index contributed by atoms with van der Waals surface area (Å²) in [6, 6.07) is 0. The first-order valence-electron chi connectivity index (χ1n) is 24.7. The molecule has 0 saturated carbocycles. The predicted molar refractivity (Wildman–Crippen MR) is 238 cm³/mol. The molecule has 0 bridgehead atoms. The van der Waals surface area contributed by atoms with Crippen LogP contribution in [0.15, 0.2) is 0 Å². The van der Waals surface area contributed by atoms with Crippen LogP contribution in [0.3, 0.4) is 0 Å². The maximum atomic E-state index is 12.7. The molecule has 0 spiro atoms. The van der Waals surface area contributed by atoms with Gasteiger partial charge in [-0.3, -0.25) is 14.4 Å². The Morgan fingerprint density at radius 2 is 0.589 bits per heavy atom. The lowest BCUT2D eigenvalue weighted by molar-refractivity contribution is -0.167. The molecule has 6 heteroatoms. The van der Waals surface area contributed by atoms with Crippen molar-refractivity contribution in [1.82, 2.24) is 0 Å². The molecule has 0 fully saturated rings. The molecule has 0 aliphatic heterocycles. The molecule has 0 heterocycles. The SMILES string of the molecule is CCCCCCCCCCCCC(=O)O[C@@H](COC(=O)CCCCCCCCCCCCCCCCCCC(C)C)COC(=O)CCCCCCCCC(C)C. The van der Waals surface area contributed by atoms with Crippen molar-refractivity contribution in [1.29, 1.82) is 0 Å². The van der Waals surface area contributed by atoms with Gasteiger partial charge in [-0.05, 0) is 31.1 Å². The van der Waals surface area contributed by atoms with E-state index in [0.29, 0.717) is 19.3 Å². The maximum Gasteiger partial charge on any atom is 0.306 e. The molecule has 0 aromatic rings. The molecule has 0 N–H and O–H groups in total. The molecular formula is C50H96O6. The Morgan fingerprint density at radius 1 is 0.339 bits per heavy atom. The molecule has 1 atom stereocenters. The summed E-state index contributed by atoms with van der Waals surface area (Å²) in [7, 11) is 0. The highest BCUT2D eigenvalue weighted by Gasteiger charge is 2.19. The summed E-state index contributed by atoms with van der Waals surface area (Å²) in [6.07, 6.45) is 42.5. The lowest BCUT2D eigenvalue weighted by Crippen LogP contribution is -2.30. The number of hydrogen-bond acceptors (Lipinski definition) is 6. The van der Waals surface area contributed by atoms with Crippen LogP contribution in [0.5, 0.6) is 0 Å². The fraction of sp³-hybridized carbons (Fsp3) is 0.940. The van der Waals surface area contributed by atoms with E-state index in [2.05, 4.69) is 34.6 Å². The van der Waals surface area contributed by atoms with Gasteiger partial charge in [0.25, 0.3) is 0 Å². The third kappa shape index (κ3) is 43.5. The van der Waals surface area contributed by atoms with Crippen LogP contribution in [0.25, 0.3) is 0 Å². The number of carbonyl (C=O) groups excluding carboxylic acids is 3. The molecular weight excluding hydrogens is 697 g/mol. The Labute approximate surface area is 348 Å². The molecule has 0 amide bonds. The van der Waals surface area contributed by atoms with Crippen molar-refractivity contribution in [3.63, 3.8) is 0 Å². The zero-order chi connectivity index (χ0) is 41.2. The second-order valence-electron chi connectivity index (χ2n) is 18.1. The van der Waals surface area contributed by atoms with Gasteiger partial charge < -0.3 is 14.2 Å². The number of unbranched alkanes of at least 4 members (excludes halogenated alkanes) is 29. The Bertz CT molecular complexity index is 854. The van der Waals surface area contributed by atoms with E-state index < -0.39 is 6.10 Å². The standard InChI is InChI=1S/C50H96O6/c1-6-7-8-9-10-11-21-25-32-37-42-50(53)56-47(44-55-49(52)41-36-31-27-26-29-34-39-46(4)5)43-54-48(51)40-35-30-24-22-19-17-15-13-12-14-16-18-20-23-28-33-38-45(2)3/h45-47H,6-44H2,1-5H3/t47-/m0/s1. The zero-order valence-electron chi connectivity index (χ0n) is 38.3. The van der Waals surface area contributed by atoms with Gasteiger partial charge in [-0.15, -0.1) is 0 Å². The van der Waals surface area contributed by atoms with E-state index in [1.54, 1.807) is 0 Å². The monoisotopic (exact) mass is 793 g/mol. The predicted octanol–water partition coefficient (Wildman–Crippen LogP) is 15.8. The minimum Gasteiger partial charge on any atom is -0.462 e. The van der Waals surface area contributed by atoms with Gasteiger partial charge in [0, 0.05) is 19.3 Å². The smallest absolute Gasteiger partial charge is 0.306 e. The number of hydrogen-bond donors (Lipinski definition) is 0. The van der Waals surface area contributed by atoms with Crippen molar-refractivity contribution in [2.45, 2.75) is 278 Å². The van der Waals surface area contributed by atoms with Crippen LogP contribution in [-0.2, 0) is 28.6 Å². The van der Waals surface area contributed by atoms with Gasteiger partial charge in [0.15, 0.2) is 6.10 Å². The van der Waals surface area contributed by atoms with Gasteiger partial charge in [-0.2, -0.15) is 0 Å². The van der Waals surface area contributed by atoms with Gasteiger partial charge in [0.1, 0.15) is 13.2 Å². The highest BCUT2D eigenvalue weighted by molar-refractivity contribution is 5.71. The highest BCUT2D eigenvalue weighted by Crippen LogP contribution is 2.17. The first-order chi connectivity index (χ1) is 27.2. The summed E-state index contributed by atoms with van der Waals surface area (Å²) in [5.74, 6) is 0.759. The van der Waals surface area contributed by atoms with Gasteiger partial charge in [-0.1, -0.05) is 234 Å². The van der Waals surface area contributed by atoms with E-state index in [0.717, 1.165) is 69.6 Å². The van der Waals surface area contributed by atoms with Gasteiger partial charge in [-0.25, -0.2) is 0 Å². The molecule has 6 nitrogen and oxygen atoms in total. The number of rotatable bonds is 44. The summed E-state index contributed by atoms with van der Waals surface area (Å²) in [5, 5.41) is 0. The van der Waals surface area contributed by atoms with Crippen molar-refractivity contribution in [3.8, 4) is 0 Å². The van der Waals surface area contributed by atoms with E-state index in [9.17, 15) is 14.4 Å². The Kier molecular flexibility index (Phi) is 41.8. The summed E-state index contributed by atoms with van der Waals surface area (Å²) < 4.78 is 16.7. The van der Waals surface area contributed by atoms with E-state index in [1.807, 2.05) is 0 Å². The molecule has 0 radical (unpaired) electrons. The first-order valence-corrected chi connectivity index (χ1v) is 24.7. The Hall–Kier alpha value is -1.59. The highest BCUT2D eigenvalue weighted by atomic mass is 16.6. The second-order valence-corrected chi connectivity index (χ2v) is 18.1. The van der Waals surface area contributed by atoms with Crippen LogP contribution in [0.1, 0.15) is 272 Å². The number of ether oxygens (including phenoxy) is 3. The fourth-order valence-corrected chi connectivity index (χ4v) is 7.46. The van der Waals surface area contributed by atoms with Crippen LogP contribution >= 0.6 is 0 Å². The summed E-state index contributed by atoms with van der Waals surface area (Å²) in [5.41, 5.74) is 0. The molecule has 0 aromatic carbocycles. The van der Waals surface area contributed by atoms with Crippen molar-refractivity contribution in [3.05, 3.63) is 0 Å². The molecule has 0 aliphatic rings. The average molecular weight is 793 g/mol. The van der Waals surface area contributed by atoms with E-state index in [1.165, 1.54) is 161 Å². The van der Waals surface area contributed by atoms with Gasteiger partial charge >= 0.3 is 17.9 Å². The third-order valence-corrected chi connectivity index (χ3v) is 11.2. The minimum absolute atomic E-state index is 0.0648. The molecule has 332 valence electrons. The third-order valence-electron chi connectivity index (χ3n) is 11.2. The summed E-state index contributed by atoms with van der Waals surface area (Å²) in [4.78, 5) is 37.7. The zero-order valence-corrected chi connectivity index (χ0v) is 38.3. The maximum absolute atomic E-state index is 12.7. The molecule has 0 aliphatic carbocycles. The van der Waals surface area contributed by atoms with Crippen molar-refractivity contribution in [2.75, 3.05) is 13.2 Å². The molecule has 0 unspecified atom stereocenters. The molecule has 0 aromatic heterocycles. The van der Waals surface area contributed by atoms with Crippen molar-refractivity contribution < 1.29 is 28.6 Å². The lowest BCUT2D eigenvalue weighted by Gasteiger charge is -2.18. The van der Waals surface area contributed by atoms with Crippen molar-refractivity contribution in [2.24, 2.45) is 11.8 Å². The summed E-state index contributed by atoms with van der Waals surface area (Å²) >= 11 is 0. The Morgan fingerprint density at radius 3 is 0.875 bits per heavy atom. The van der Waals surface area contributed by atoms with Gasteiger partial charge in [0.05, 0.1) is 0 Å². The van der Waals surface area contributed by atoms with Crippen LogP contribution in [-0.4, -0.2) is 37.2 Å². The average Bonchev–Trinajstić information content (AvgIpc) is 3.16. The molecule has 0 rings (SSSR count). The Balaban J connectivity index is 4.19. The van der Waals surface area contributed by atoms with E-state index in [4.69, 9.17) is 14.2 Å². The topological polar surface area (TPSA) is 78.9 Å².